The Bertz CT molecular complexity index is 943. The molecule has 6 atom stereocenters. The van der Waals surface area contributed by atoms with Gasteiger partial charge in [0.15, 0.2) is 0 Å². The van der Waals surface area contributed by atoms with Crippen molar-refractivity contribution in [2.24, 2.45) is 51.8 Å². The van der Waals surface area contributed by atoms with Crippen molar-refractivity contribution in [3.05, 3.63) is 47.6 Å². The highest BCUT2D eigenvalue weighted by atomic mass is 28.3. The minimum Gasteiger partial charge on any atom is -0.0799 e. The smallest absolute Gasteiger partial charge is 0.0527 e. The molecule has 0 aromatic rings. The third kappa shape index (κ3) is 6.59. The quantitative estimate of drug-likeness (QED) is 0.209. The first kappa shape index (κ1) is 33.3. The molecule has 0 bridgehead atoms. The first-order valence-corrected chi connectivity index (χ1v) is 23.7. The van der Waals surface area contributed by atoms with Crippen LogP contribution in [0.25, 0.3) is 0 Å². The molecule has 0 aromatic heterocycles. The zero-order valence-electron chi connectivity index (χ0n) is 29.3. The van der Waals surface area contributed by atoms with Crippen LogP contribution in [-0.2, 0) is 0 Å². The van der Waals surface area contributed by atoms with E-state index in [4.69, 9.17) is 0 Å². The minimum absolute atomic E-state index is 0.220. The van der Waals surface area contributed by atoms with Gasteiger partial charge in [0, 0.05) is 8.80 Å². The molecule has 0 nitrogen and oxygen atoms in total. The van der Waals surface area contributed by atoms with E-state index in [1.165, 1.54) is 49.9 Å². The Morgan fingerprint density at radius 2 is 1.20 bits per heavy atom. The maximum absolute atomic E-state index is 2.86. The van der Waals surface area contributed by atoms with Crippen LogP contribution in [0.1, 0.15) is 101 Å². The van der Waals surface area contributed by atoms with Gasteiger partial charge < -0.3 is 0 Å². The number of allylic oxidation sites excluding steroid dienone is 8. The zero-order valence-corrected chi connectivity index (χ0v) is 31.4. The van der Waals surface area contributed by atoms with Crippen LogP contribution in [0.15, 0.2) is 47.6 Å². The van der Waals surface area contributed by atoms with Gasteiger partial charge in [-0.1, -0.05) is 161 Å². The molecule has 2 heteroatoms. The molecule has 0 aliphatic heterocycles. The molecule has 0 amide bonds. The number of rotatable bonds is 11. The van der Waals surface area contributed by atoms with Gasteiger partial charge in [-0.3, -0.25) is 0 Å². The van der Waals surface area contributed by atoms with Crippen LogP contribution in [0.3, 0.4) is 0 Å². The summed E-state index contributed by atoms with van der Waals surface area (Å²) in [4.78, 5) is 0. The SMILES string of the molecule is CC[SiH](C)C[C@@](CC[Si](CC)(CC)CC)(C1CCCC1)C1C2C=C(C(C)(C)C)C=CC2C2C=CC(C(C)(C)C)=CC21. The van der Waals surface area contributed by atoms with Crippen molar-refractivity contribution in [3.8, 4) is 0 Å². The standard InChI is InChI=1S/C39H68Si2/c1-12-40(11)28-39(29-18-16-17-19-29,24-25-41(13-2,14-3)15-4)36-34-26-30(37(5,6)7)20-22-32(34)33-23-21-31(27-35(33)36)38(8,9)10/h20-23,26-27,29,32-36,40H,12-19,24-25,28H2,1-11H3/t32?,33?,34?,35?,36?,39-,40?/m0/s1. The van der Waals surface area contributed by atoms with Gasteiger partial charge in [-0.05, 0) is 82.2 Å². The highest BCUT2D eigenvalue weighted by Gasteiger charge is 2.59. The van der Waals surface area contributed by atoms with E-state index in [0.29, 0.717) is 29.1 Å². The molecular formula is C39H68Si2. The summed E-state index contributed by atoms with van der Waals surface area (Å²) >= 11 is 0. The van der Waals surface area contributed by atoms with Gasteiger partial charge in [0.05, 0.1) is 8.07 Å². The molecule has 0 aromatic carbocycles. The normalized spacial score (nSPS) is 31.0. The summed E-state index contributed by atoms with van der Waals surface area (Å²) in [6.45, 7) is 27.6. The monoisotopic (exact) mass is 592 g/mol. The predicted octanol–water partition coefficient (Wildman–Crippen LogP) is 12.1. The fourth-order valence-electron chi connectivity index (χ4n) is 10.0. The van der Waals surface area contributed by atoms with E-state index in [0.717, 1.165) is 11.8 Å². The Hall–Kier alpha value is -0.606. The Balaban J connectivity index is 1.93. The Labute approximate surface area is 259 Å². The van der Waals surface area contributed by atoms with E-state index < -0.39 is 16.9 Å². The van der Waals surface area contributed by atoms with Crippen LogP contribution in [0.4, 0.5) is 0 Å². The molecule has 0 spiro atoms. The lowest BCUT2D eigenvalue weighted by Crippen LogP contribution is -2.46. The second-order valence-electron chi connectivity index (χ2n) is 17.3. The van der Waals surface area contributed by atoms with Crippen LogP contribution in [0.5, 0.6) is 0 Å². The molecule has 41 heavy (non-hydrogen) atoms. The van der Waals surface area contributed by atoms with E-state index >= 15 is 0 Å². The molecule has 5 unspecified atom stereocenters. The number of hydrogen-bond donors (Lipinski definition) is 0. The third-order valence-corrected chi connectivity index (χ3v) is 21.9. The Morgan fingerprint density at radius 3 is 1.59 bits per heavy atom. The average molecular weight is 593 g/mol. The van der Waals surface area contributed by atoms with Crippen molar-refractivity contribution in [2.45, 2.75) is 144 Å². The molecule has 232 valence electrons. The third-order valence-electron chi connectivity index (χ3n) is 13.3. The highest BCUT2D eigenvalue weighted by Crippen LogP contribution is 2.66. The lowest BCUT2D eigenvalue weighted by Gasteiger charge is -2.52. The molecule has 4 aliphatic carbocycles. The van der Waals surface area contributed by atoms with Gasteiger partial charge in [-0.2, -0.15) is 0 Å². The van der Waals surface area contributed by atoms with Crippen molar-refractivity contribution in [2.75, 3.05) is 0 Å². The van der Waals surface area contributed by atoms with E-state index in [2.05, 4.69) is 112 Å². The van der Waals surface area contributed by atoms with Gasteiger partial charge in [0.25, 0.3) is 0 Å². The summed E-state index contributed by atoms with van der Waals surface area (Å²) < 4.78 is 0. The van der Waals surface area contributed by atoms with Crippen LogP contribution < -0.4 is 0 Å². The molecule has 0 heterocycles. The van der Waals surface area contributed by atoms with E-state index in [9.17, 15) is 0 Å². The summed E-state index contributed by atoms with van der Waals surface area (Å²) in [6.07, 6.45) is 23.7. The van der Waals surface area contributed by atoms with Gasteiger partial charge in [-0.15, -0.1) is 0 Å². The van der Waals surface area contributed by atoms with E-state index in [1.807, 2.05) is 0 Å². The summed E-state index contributed by atoms with van der Waals surface area (Å²) in [7, 11) is -2.00. The first-order valence-electron chi connectivity index (χ1n) is 18.1. The first-order chi connectivity index (χ1) is 19.2. The zero-order chi connectivity index (χ0) is 30.2. The topological polar surface area (TPSA) is 0 Å². The maximum atomic E-state index is 2.86. The van der Waals surface area contributed by atoms with Gasteiger partial charge in [0.1, 0.15) is 0 Å². The van der Waals surface area contributed by atoms with Gasteiger partial charge >= 0.3 is 0 Å². The molecule has 4 aliphatic rings. The van der Waals surface area contributed by atoms with Crippen molar-refractivity contribution in [1.29, 1.82) is 0 Å². The fourth-order valence-corrected chi connectivity index (χ4v) is 16.0. The second-order valence-corrected chi connectivity index (χ2v) is 26.3. The predicted molar refractivity (Wildman–Crippen MR) is 190 cm³/mol. The highest BCUT2D eigenvalue weighted by molar-refractivity contribution is 6.79. The van der Waals surface area contributed by atoms with Crippen LogP contribution in [-0.4, -0.2) is 16.9 Å². The molecule has 4 rings (SSSR count). The number of fused-ring (bicyclic) bond motifs is 3. The van der Waals surface area contributed by atoms with Crippen molar-refractivity contribution >= 4 is 16.9 Å². The van der Waals surface area contributed by atoms with Gasteiger partial charge in [0.2, 0.25) is 0 Å². The number of hydrogen-bond acceptors (Lipinski definition) is 0. The van der Waals surface area contributed by atoms with Crippen LogP contribution in [0.2, 0.25) is 42.8 Å². The van der Waals surface area contributed by atoms with Crippen molar-refractivity contribution in [3.63, 3.8) is 0 Å². The molecule has 2 fully saturated rings. The van der Waals surface area contributed by atoms with E-state index in [-0.39, 0.29) is 10.8 Å². The average Bonchev–Trinajstić information content (AvgIpc) is 3.59. The summed E-state index contributed by atoms with van der Waals surface area (Å²) in [5, 5.41) is 0. The summed E-state index contributed by atoms with van der Waals surface area (Å²) in [6, 6.07) is 9.10. The van der Waals surface area contributed by atoms with Crippen molar-refractivity contribution < 1.29 is 0 Å². The van der Waals surface area contributed by atoms with E-state index in [1.54, 1.807) is 29.7 Å². The molecule has 0 N–H and O–H groups in total. The van der Waals surface area contributed by atoms with Crippen LogP contribution >= 0.6 is 0 Å². The van der Waals surface area contributed by atoms with Crippen LogP contribution in [0, 0.1) is 51.8 Å². The Kier molecular flexibility index (Phi) is 10.4. The summed E-state index contributed by atoms with van der Waals surface area (Å²) in [5.41, 5.74) is 4.17. The minimum atomic E-state index is -1.21. The lowest BCUT2D eigenvalue weighted by molar-refractivity contribution is 0.0481. The maximum Gasteiger partial charge on any atom is 0.0527 e. The molecule has 0 radical (unpaired) electrons. The molecular weight excluding hydrogens is 525 g/mol. The summed E-state index contributed by atoms with van der Waals surface area (Å²) in [5.74, 6) is 4.49. The largest absolute Gasteiger partial charge is 0.0799 e. The Morgan fingerprint density at radius 1 is 0.732 bits per heavy atom. The second kappa shape index (κ2) is 12.8. The fraction of sp³-hybridized carbons (Fsp3) is 0.795. The van der Waals surface area contributed by atoms with Crippen molar-refractivity contribution in [1.82, 2.24) is 0 Å². The van der Waals surface area contributed by atoms with Gasteiger partial charge in [-0.25, -0.2) is 0 Å². The lowest BCUT2D eigenvalue weighted by atomic mass is 9.58. The molecule has 2 saturated carbocycles. The molecule has 0 saturated heterocycles.